The highest BCUT2D eigenvalue weighted by molar-refractivity contribution is 7.91. The predicted molar refractivity (Wildman–Crippen MR) is 71.6 cm³/mol. The fourth-order valence-electron chi connectivity index (χ4n) is 2.19. The number of sulfone groups is 1. The molecule has 0 aromatic heterocycles. The molecule has 1 aromatic carbocycles. The summed E-state index contributed by atoms with van der Waals surface area (Å²) in [5, 5.41) is 3.22. The van der Waals surface area contributed by atoms with Crippen molar-refractivity contribution >= 4 is 32.4 Å². The molecule has 1 aliphatic rings. The van der Waals surface area contributed by atoms with Crippen molar-refractivity contribution in [3.63, 3.8) is 0 Å². The molecule has 0 atom stereocenters. The number of carbonyl (C=O) groups is 1. The number of hydrogen-bond donors (Lipinski definition) is 0. The van der Waals surface area contributed by atoms with Crippen molar-refractivity contribution in [2.24, 2.45) is 5.16 Å². The summed E-state index contributed by atoms with van der Waals surface area (Å²) >= 11 is 5.49. The van der Waals surface area contributed by atoms with Crippen molar-refractivity contribution in [2.45, 2.75) is 18.2 Å². The number of nitrogens with zero attached hydrogens (tertiary/aromatic N) is 1. The molecule has 1 heterocycles. The van der Waals surface area contributed by atoms with Crippen LogP contribution >= 0.6 is 11.6 Å². The van der Waals surface area contributed by atoms with Gasteiger partial charge in [-0.1, -0.05) is 5.16 Å². The van der Waals surface area contributed by atoms with Gasteiger partial charge in [0.1, 0.15) is 7.11 Å². The normalized spacial score (nSPS) is 19.0. The zero-order valence-electron chi connectivity index (χ0n) is 10.4. The molecule has 0 N–H and O–H groups in total. The molecule has 19 heavy (non-hydrogen) atoms. The molecular weight excluding hydrogens is 290 g/mol. The number of carbonyl (C=O) groups excluding carboxylic acids is 1. The quantitative estimate of drug-likeness (QED) is 0.618. The number of fused-ring (bicyclic) bond motifs is 1. The van der Waals surface area contributed by atoms with Crippen molar-refractivity contribution in [1.29, 1.82) is 0 Å². The fraction of sp³-hybridized carbons (Fsp3) is 0.333. The highest BCUT2D eigenvalue weighted by atomic mass is 35.5. The monoisotopic (exact) mass is 301 g/mol. The zero-order valence-corrected chi connectivity index (χ0v) is 12.0. The topological polar surface area (TPSA) is 72.8 Å². The maximum atomic E-state index is 12.0. The number of rotatable bonds is 2. The minimum absolute atomic E-state index is 0.0181. The maximum absolute atomic E-state index is 12.0. The number of halogens is 1. The standard InChI is InChI=1S/C12H12ClNO4S/c1-7-8(12(13)15)3-4-10-11(7)9(14-18-2)5-6-19(10,16)17/h3-4H,5-6H2,1-2H3/b14-9-. The lowest BCUT2D eigenvalue weighted by molar-refractivity contribution is 0.108. The van der Waals surface area contributed by atoms with Crippen molar-refractivity contribution in [2.75, 3.05) is 12.9 Å². The van der Waals surface area contributed by atoms with E-state index in [0.717, 1.165) is 0 Å². The van der Waals surface area contributed by atoms with Crippen LogP contribution in [0.3, 0.4) is 0 Å². The van der Waals surface area contributed by atoms with Gasteiger partial charge < -0.3 is 4.84 Å². The Labute approximate surface area is 116 Å². The van der Waals surface area contributed by atoms with Crippen LogP contribution < -0.4 is 0 Å². The molecular formula is C12H12ClNO4S. The van der Waals surface area contributed by atoms with Gasteiger partial charge in [0, 0.05) is 17.5 Å². The Bertz CT molecular complexity index is 679. The van der Waals surface area contributed by atoms with Crippen LogP contribution in [-0.2, 0) is 14.7 Å². The Morgan fingerprint density at radius 2 is 2.11 bits per heavy atom. The molecule has 0 fully saturated rings. The summed E-state index contributed by atoms with van der Waals surface area (Å²) in [5.41, 5.74) is 1.74. The van der Waals surface area contributed by atoms with Gasteiger partial charge in [-0.05, 0) is 36.2 Å². The van der Waals surface area contributed by atoms with Gasteiger partial charge in [0.25, 0.3) is 5.24 Å². The van der Waals surface area contributed by atoms with Gasteiger partial charge in [0.15, 0.2) is 9.84 Å². The number of benzene rings is 1. The maximum Gasteiger partial charge on any atom is 0.252 e. The smallest absolute Gasteiger partial charge is 0.252 e. The van der Waals surface area contributed by atoms with Gasteiger partial charge in [-0.15, -0.1) is 0 Å². The first kappa shape index (κ1) is 14.0. The first-order valence-corrected chi connectivity index (χ1v) is 7.58. The van der Waals surface area contributed by atoms with E-state index in [9.17, 15) is 13.2 Å². The van der Waals surface area contributed by atoms with E-state index in [2.05, 4.69) is 5.16 Å². The Balaban J connectivity index is 2.81. The molecule has 7 heteroatoms. The SMILES string of the molecule is CO/N=C1/CCS(=O)(=O)c2ccc(C(=O)Cl)c(C)c21. The molecule has 0 saturated carbocycles. The molecule has 0 unspecified atom stereocenters. The van der Waals surface area contributed by atoms with E-state index in [1.807, 2.05) is 0 Å². The highest BCUT2D eigenvalue weighted by Crippen LogP contribution is 2.30. The molecule has 0 bridgehead atoms. The molecule has 0 radical (unpaired) electrons. The summed E-state index contributed by atoms with van der Waals surface area (Å²) < 4.78 is 24.1. The van der Waals surface area contributed by atoms with Crippen LogP contribution in [0.4, 0.5) is 0 Å². The van der Waals surface area contributed by atoms with Crippen LogP contribution in [0.5, 0.6) is 0 Å². The van der Waals surface area contributed by atoms with Gasteiger partial charge in [0.05, 0.1) is 16.4 Å². The molecule has 1 aliphatic heterocycles. The van der Waals surface area contributed by atoms with Crippen molar-refractivity contribution in [3.05, 3.63) is 28.8 Å². The first-order chi connectivity index (χ1) is 8.88. The summed E-state index contributed by atoms with van der Waals surface area (Å²) in [6.45, 7) is 1.65. The Morgan fingerprint density at radius 1 is 1.42 bits per heavy atom. The highest BCUT2D eigenvalue weighted by Gasteiger charge is 2.31. The van der Waals surface area contributed by atoms with Crippen LogP contribution in [0.1, 0.15) is 27.9 Å². The summed E-state index contributed by atoms with van der Waals surface area (Å²) in [7, 11) is -1.96. The molecule has 0 spiro atoms. The second-order valence-corrected chi connectivity index (χ2v) is 6.60. The summed E-state index contributed by atoms with van der Waals surface area (Å²) in [6, 6.07) is 2.83. The van der Waals surface area contributed by atoms with Crippen molar-refractivity contribution < 1.29 is 18.0 Å². The van der Waals surface area contributed by atoms with E-state index in [-0.39, 0.29) is 22.6 Å². The Hall–Kier alpha value is -1.40. The molecule has 1 aromatic rings. The van der Waals surface area contributed by atoms with Crippen molar-refractivity contribution in [3.8, 4) is 0 Å². The Morgan fingerprint density at radius 3 is 2.68 bits per heavy atom. The molecule has 102 valence electrons. The minimum Gasteiger partial charge on any atom is -0.399 e. The lowest BCUT2D eigenvalue weighted by Gasteiger charge is -2.20. The molecule has 0 saturated heterocycles. The predicted octanol–water partition coefficient (Wildman–Crippen LogP) is 1.90. The molecule has 0 aliphatic carbocycles. The van der Waals surface area contributed by atoms with Crippen LogP contribution in [0.2, 0.25) is 0 Å². The van der Waals surface area contributed by atoms with E-state index in [0.29, 0.717) is 16.8 Å². The van der Waals surface area contributed by atoms with Gasteiger partial charge >= 0.3 is 0 Å². The summed E-state index contributed by atoms with van der Waals surface area (Å²) in [4.78, 5) is 16.2. The van der Waals surface area contributed by atoms with Gasteiger partial charge in [-0.3, -0.25) is 4.79 Å². The number of oxime groups is 1. The minimum atomic E-state index is -3.35. The molecule has 5 nitrogen and oxygen atoms in total. The van der Waals surface area contributed by atoms with E-state index in [1.165, 1.54) is 19.2 Å². The third-order valence-electron chi connectivity index (χ3n) is 3.07. The summed E-state index contributed by atoms with van der Waals surface area (Å²) in [6.07, 6.45) is 0.254. The fourth-order valence-corrected chi connectivity index (χ4v) is 3.93. The average molecular weight is 302 g/mol. The average Bonchev–Trinajstić information content (AvgIpc) is 2.33. The third kappa shape index (κ3) is 2.37. The van der Waals surface area contributed by atoms with E-state index >= 15 is 0 Å². The number of hydrogen-bond acceptors (Lipinski definition) is 5. The van der Waals surface area contributed by atoms with Gasteiger partial charge in [-0.25, -0.2) is 8.42 Å². The summed E-state index contributed by atoms with van der Waals surface area (Å²) in [5.74, 6) is -0.0181. The van der Waals surface area contributed by atoms with Gasteiger partial charge in [0.2, 0.25) is 0 Å². The first-order valence-electron chi connectivity index (χ1n) is 5.55. The van der Waals surface area contributed by atoms with Gasteiger partial charge in [-0.2, -0.15) is 0 Å². The van der Waals surface area contributed by atoms with E-state index in [4.69, 9.17) is 16.4 Å². The zero-order chi connectivity index (χ0) is 14.2. The van der Waals surface area contributed by atoms with Crippen LogP contribution in [-0.4, -0.2) is 32.2 Å². The van der Waals surface area contributed by atoms with Crippen LogP contribution in [0.15, 0.2) is 22.2 Å². The second-order valence-electron chi connectivity index (χ2n) is 4.17. The second kappa shape index (κ2) is 4.94. The third-order valence-corrected chi connectivity index (χ3v) is 5.03. The van der Waals surface area contributed by atoms with E-state index < -0.39 is 15.1 Å². The molecule has 0 amide bonds. The molecule has 2 rings (SSSR count). The van der Waals surface area contributed by atoms with Crippen molar-refractivity contribution in [1.82, 2.24) is 0 Å². The van der Waals surface area contributed by atoms with Crippen LogP contribution in [0.25, 0.3) is 0 Å². The largest absolute Gasteiger partial charge is 0.399 e. The van der Waals surface area contributed by atoms with E-state index in [1.54, 1.807) is 6.92 Å². The Kier molecular flexibility index (Phi) is 3.64. The lowest BCUT2D eigenvalue weighted by Crippen LogP contribution is -2.24. The van der Waals surface area contributed by atoms with Crippen LogP contribution in [0, 0.1) is 6.92 Å². The lowest BCUT2D eigenvalue weighted by atomic mass is 9.97.